The Morgan fingerprint density at radius 1 is 1.64 bits per heavy atom. The monoisotopic (exact) mass is 198 g/mol. The maximum Gasteiger partial charge on any atom is 0.325 e. The van der Waals surface area contributed by atoms with Gasteiger partial charge in [-0.05, 0) is 6.92 Å². The first-order chi connectivity index (χ1) is 6.59. The van der Waals surface area contributed by atoms with Crippen LogP contribution in [0, 0.1) is 0 Å². The molecule has 1 heterocycles. The Morgan fingerprint density at radius 2 is 2.36 bits per heavy atom. The van der Waals surface area contributed by atoms with Crippen LogP contribution < -0.4 is 5.32 Å². The molecule has 0 saturated carbocycles. The van der Waals surface area contributed by atoms with Crippen molar-refractivity contribution in [3.05, 3.63) is 12.4 Å². The van der Waals surface area contributed by atoms with Gasteiger partial charge in [-0.15, -0.1) is 5.10 Å². The lowest BCUT2D eigenvalue weighted by atomic mass is 10.3. The van der Waals surface area contributed by atoms with Crippen LogP contribution in [-0.4, -0.2) is 38.0 Å². The summed E-state index contributed by atoms with van der Waals surface area (Å²) < 4.78 is 1.31. The number of carbonyl (C=O) groups is 2. The van der Waals surface area contributed by atoms with Crippen LogP contribution in [0.15, 0.2) is 12.4 Å². The van der Waals surface area contributed by atoms with Gasteiger partial charge in [-0.3, -0.25) is 9.59 Å². The zero-order valence-electron chi connectivity index (χ0n) is 7.54. The van der Waals surface area contributed by atoms with Crippen LogP contribution >= 0.6 is 0 Å². The molecule has 0 aliphatic rings. The van der Waals surface area contributed by atoms with E-state index in [0.717, 1.165) is 0 Å². The normalized spacial score (nSPS) is 12.1. The largest absolute Gasteiger partial charge is 0.480 e. The summed E-state index contributed by atoms with van der Waals surface area (Å²) in [5.74, 6) is -1.48. The lowest BCUT2D eigenvalue weighted by molar-refractivity contribution is -0.141. The fourth-order valence-corrected chi connectivity index (χ4v) is 0.813. The van der Waals surface area contributed by atoms with Gasteiger partial charge in [0, 0.05) is 6.20 Å². The van der Waals surface area contributed by atoms with Crippen LogP contribution in [0.3, 0.4) is 0 Å². The SMILES string of the molecule is C[C@H](NC(=O)Cn1ccnn1)C(=O)O. The molecule has 1 atom stereocenters. The average Bonchev–Trinajstić information content (AvgIpc) is 2.56. The third kappa shape index (κ3) is 2.85. The lowest BCUT2D eigenvalue weighted by Gasteiger charge is -2.08. The molecule has 0 radical (unpaired) electrons. The van der Waals surface area contributed by atoms with Crippen LogP contribution in [0.25, 0.3) is 0 Å². The molecule has 0 aliphatic carbocycles. The van der Waals surface area contributed by atoms with Crippen molar-refractivity contribution in [1.82, 2.24) is 20.3 Å². The Morgan fingerprint density at radius 3 is 2.86 bits per heavy atom. The number of rotatable bonds is 4. The number of amides is 1. The van der Waals surface area contributed by atoms with E-state index in [1.807, 2.05) is 0 Å². The molecule has 1 aromatic rings. The van der Waals surface area contributed by atoms with Crippen molar-refractivity contribution in [3.63, 3.8) is 0 Å². The third-order valence-electron chi connectivity index (χ3n) is 1.53. The minimum absolute atomic E-state index is 0.0301. The molecule has 0 aromatic carbocycles. The second-order valence-electron chi connectivity index (χ2n) is 2.73. The highest BCUT2D eigenvalue weighted by Crippen LogP contribution is 1.85. The van der Waals surface area contributed by atoms with Gasteiger partial charge in [-0.25, -0.2) is 4.68 Å². The van der Waals surface area contributed by atoms with E-state index in [9.17, 15) is 9.59 Å². The maximum atomic E-state index is 11.2. The van der Waals surface area contributed by atoms with Crippen LogP contribution in [-0.2, 0) is 16.1 Å². The van der Waals surface area contributed by atoms with E-state index in [4.69, 9.17) is 5.11 Å². The van der Waals surface area contributed by atoms with Gasteiger partial charge in [-0.1, -0.05) is 5.21 Å². The highest BCUT2D eigenvalue weighted by atomic mass is 16.4. The summed E-state index contributed by atoms with van der Waals surface area (Å²) in [4.78, 5) is 21.5. The topological polar surface area (TPSA) is 97.1 Å². The molecule has 1 amide bonds. The first-order valence-electron chi connectivity index (χ1n) is 3.96. The molecule has 1 rings (SSSR count). The second kappa shape index (κ2) is 4.35. The first kappa shape index (κ1) is 10.2. The van der Waals surface area contributed by atoms with E-state index in [0.29, 0.717) is 0 Å². The van der Waals surface area contributed by atoms with E-state index >= 15 is 0 Å². The molecule has 0 unspecified atom stereocenters. The second-order valence-corrected chi connectivity index (χ2v) is 2.73. The van der Waals surface area contributed by atoms with Crippen LogP contribution in [0.5, 0.6) is 0 Å². The molecule has 0 bridgehead atoms. The summed E-state index contributed by atoms with van der Waals surface area (Å²) in [5, 5.41) is 17.9. The molecular formula is C7H10N4O3. The van der Waals surface area contributed by atoms with Crippen molar-refractivity contribution in [2.45, 2.75) is 19.5 Å². The maximum absolute atomic E-state index is 11.2. The Kier molecular flexibility index (Phi) is 3.16. The number of carboxylic acid groups (broad SMARTS) is 1. The number of carboxylic acids is 1. The molecule has 7 nitrogen and oxygen atoms in total. The van der Waals surface area contributed by atoms with Crippen molar-refractivity contribution in [2.75, 3.05) is 0 Å². The zero-order valence-corrected chi connectivity index (χ0v) is 7.54. The minimum Gasteiger partial charge on any atom is -0.480 e. The highest BCUT2D eigenvalue weighted by molar-refractivity contribution is 5.82. The number of hydrogen-bond acceptors (Lipinski definition) is 4. The minimum atomic E-state index is -1.07. The molecule has 0 fully saturated rings. The van der Waals surface area contributed by atoms with Crippen molar-refractivity contribution >= 4 is 11.9 Å². The molecule has 0 spiro atoms. The standard InChI is InChI=1S/C7H10N4O3/c1-5(7(13)14)9-6(12)4-11-3-2-8-10-11/h2-3,5H,4H2,1H3,(H,9,12)(H,13,14)/t5-/m0/s1. The van der Waals surface area contributed by atoms with Gasteiger partial charge in [0.2, 0.25) is 5.91 Å². The van der Waals surface area contributed by atoms with Gasteiger partial charge in [-0.2, -0.15) is 0 Å². The van der Waals surface area contributed by atoms with E-state index in [-0.39, 0.29) is 6.54 Å². The summed E-state index contributed by atoms with van der Waals surface area (Å²) in [6.45, 7) is 1.36. The number of nitrogens with one attached hydrogen (secondary N) is 1. The first-order valence-corrected chi connectivity index (χ1v) is 3.96. The molecule has 14 heavy (non-hydrogen) atoms. The van der Waals surface area contributed by atoms with E-state index in [1.54, 1.807) is 0 Å². The lowest BCUT2D eigenvalue weighted by Crippen LogP contribution is -2.40. The quantitative estimate of drug-likeness (QED) is 0.637. The number of aliphatic carboxylic acids is 1. The molecule has 0 saturated heterocycles. The molecule has 76 valence electrons. The Balaban J connectivity index is 2.40. The van der Waals surface area contributed by atoms with Crippen LogP contribution in [0.2, 0.25) is 0 Å². The molecule has 7 heteroatoms. The number of nitrogens with zero attached hydrogens (tertiary/aromatic N) is 3. The van der Waals surface area contributed by atoms with Crippen molar-refractivity contribution in [1.29, 1.82) is 0 Å². The van der Waals surface area contributed by atoms with Gasteiger partial charge in [0.25, 0.3) is 0 Å². The molecular weight excluding hydrogens is 188 g/mol. The summed E-state index contributed by atoms with van der Waals surface area (Å²) in [5.41, 5.74) is 0. The van der Waals surface area contributed by atoms with Gasteiger partial charge in [0.1, 0.15) is 12.6 Å². The summed E-state index contributed by atoms with van der Waals surface area (Å²) in [6.07, 6.45) is 2.96. The zero-order chi connectivity index (χ0) is 10.6. The van der Waals surface area contributed by atoms with Crippen molar-refractivity contribution < 1.29 is 14.7 Å². The predicted molar refractivity (Wildman–Crippen MR) is 45.3 cm³/mol. The van der Waals surface area contributed by atoms with Gasteiger partial charge >= 0.3 is 5.97 Å². The third-order valence-corrected chi connectivity index (χ3v) is 1.53. The number of carbonyl (C=O) groups excluding carboxylic acids is 1. The fourth-order valence-electron chi connectivity index (χ4n) is 0.813. The fraction of sp³-hybridized carbons (Fsp3) is 0.429. The molecule has 2 N–H and O–H groups in total. The van der Waals surface area contributed by atoms with E-state index in [1.165, 1.54) is 24.0 Å². The van der Waals surface area contributed by atoms with Crippen LogP contribution in [0.1, 0.15) is 6.92 Å². The van der Waals surface area contributed by atoms with Crippen LogP contribution in [0.4, 0.5) is 0 Å². The van der Waals surface area contributed by atoms with E-state index < -0.39 is 17.9 Å². The number of aromatic nitrogens is 3. The highest BCUT2D eigenvalue weighted by Gasteiger charge is 2.13. The Hall–Kier alpha value is -1.92. The summed E-state index contributed by atoms with van der Waals surface area (Å²) in [6, 6.07) is -0.897. The van der Waals surface area contributed by atoms with Gasteiger partial charge in [0.15, 0.2) is 0 Å². The number of hydrogen-bond donors (Lipinski definition) is 2. The summed E-state index contributed by atoms with van der Waals surface area (Å²) in [7, 11) is 0. The van der Waals surface area contributed by atoms with E-state index in [2.05, 4.69) is 15.6 Å². The Bertz CT molecular complexity index is 322. The molecule has 0 aliphatic heterocycles. The summed E-state index contributed by atoms with van der Waals surface area (Å²) >= 11 is 0. The molecule has 1 aromatic heterocycles. The van der Waals surface area contributed by atoms with Gasteiger partial charge in [0.05, 0.1) is 6.20 Å². The van der Waals surface area contributed by atoms with Gasteiger partial charge < -0.3 is 10.4 Å². The predicted octanol–water partition coefficient (Wildman–Crippen LogP) is -1.13. The average molecular weight is 198 g/mol. The Labute approximate surface area is 79.7 Å². The smallest absolute Gasteiger partial charge is 0.325 e. The van der Waals surface area contributed by atoms with Crippen molar-refractivity contribution in [2.24, 2.45) is 0 Å². The van der Waals surface area contributed by atoms with Crippen molar-refractivity contribution in [3.8, 4) is 0 Å².